The Balaban J connectivity index is 2.38. The summed E-state index contributed by atoms with van der Waals surface area (Å²) < 4.78 is 4.64. The lowest BCUT2D eigenvalue weighted by Gasteiger charge is -2.14. The van der Waals surface area contributed by atoms with E-state index >= 15 is 0 Å². The zero-order valence-electron chi connectivity index (χ0n) is 12.5. The van der Waals surface area contributed by atoms with Crippen LogP contribution >= 0.6 is 33.9 Å². The van der Waals surface area contributed by atoms with Crippen molar-refractivity contribution in [2.75, 3.05) is 33.1 Å². The summed E-state index contributed by atoms with van der Waals surface area (Å²) in [7, 11) is 8.28. The zero-order valence-corrected chi connectivity index (χ0v) is 15.5. The van der Waals surface area contributed by atoms with Crippen molar-refractivity contribution in [1.82, 2.24) is 9.56 Å². The minimum Gasteiger partial charge on any atom is -0.378 e. The largest absolute Gasteiger partial charge is 0.378 e. The molecule has 0 saturated heterocycles. The van der Waals surface area contributed by atoms with Crippen molar-refractivity contribution >= 4 is 49.8 Å². The van der Waals surface area contributed by atoms with Gasteiger partial charge in [0.15, 0.2) is 0 Å². The highest BCUT2D eigenvalue weighted by atomic mass is 125. The van der Waals surface area contributed by atoms with Crippen LogP contribution < -0.4 is 14.8 Å². The van der Waals surface area contributed by atoms with Crippen LogP contribution in [-0.4, -0.2) is 33.2 Å². The van der Waals surface area contributed by atoms with Gasteiger partial charge in [0.25, 0.3) is 0 Å². The van der Waals surface area contributed by atoms with E-state index in [1.807, 2.05) is 11.3 Å². The molecule has 0 saturated carbocycles. The molecule has 0 unspecified atom stereocenters. The summed E-state index contributed by atoms with van der Waals surface area (Å²) in [6, 6.07) is 10.7. The monoisotopic (exact) mass is 408 g/mol. The van der Waals surface area contributed by atoms with Crippen molar-refractivity contribution in [1.29, 1.82) is 0 Å². The normalized spacial score (nSPS) is 11.1. The molecule has 1 aliphatic carbocycles. The Morgan fingerprint density at radius 2 is 1.90 bits per heavy atom. The lowest BCUT2D eigenvalue weighted by molar-refractivity contribution is 0.809. The molecule has 3 nitrogen and oxygen atoms in total. The third kappa shape index (κ3) is 2.64. The van der Waals surface area contributed by atoms with Crippen molar-refractivity contribution < 1.29 is 0 Å². The fourth-order valence-corrected chi connectivity index (χ4v) is 4.56. The van der Waals surface area contributed by atoms with Crippen LogP contribution in [0.4, 0.5) is 5.69 Å². The van der Waals surface area contributed by atoms with Crippen LogP contribution in [0.2, 0.25) is 0 Å². The van der Waals surface area contributed by atoms with E-state index in [0.717, 1.165) is 11.2 Å². The third-order valence-electron chi connectivity index (χ3n) is 3.45. The summed E-state index contributed by atoms with van der Waals surface area (Å²) in [6.07, 6.45) is 0. The fourth-order valence-electron chi connectivity index (χ4n) is 2.26. The van der Waals surface area contributed by atoms with E-state index in [-0.39, 0.29) is 0 Å². The van der Waals surface area contributed by atoms with Crippen LogP contribution in [0.3, 0.4) is 0 Å². The van der Waals surface area contributed by atoms with Crippen LogP contribution in [0.5, 0.6) is 0 Å². The molecule has 0 aromatic heterocycles. The van der Waals surface area contributed by atoms with Gasteiger partial charge in [-0.05, 0) is 46.9 Å². The maximum atomic E-state index is 4.81. The molecule has 3 rings (SSSR count). The summed E-state index contributed by atoms with van der Waals surface area (Å²) in [5, 5.41) is 1.24. The van der Waals surface area contributed by atoms with Crippen LogP contribution in [0.1, 0.15) is 0 Å². The van der Waals surface area contributed by atoms with Crippen LogP contribution in [0.25, 0.3) is 20.8 Å². The van der Waals surface area contributed by atoms with E-state index in [1.54, 1.807) is 0 Å². The molecule has 0 radical (unpaired) electrons. The number of hydrogen-bond donors (Lipinski definition) is 0. The van der Waals surface area contributed by atoms with Gasteiger partial charge >= 0.3 is 0 Å². The van der Waals surface area contributed by atoms with Crippen LogP contribution in [-0.2, 0) is 0 Å². The number of aromatic nitrogens is 1. The average Bonchev–Trinajstić information content (AvgIpc) is 2.45. The van der Waals surface area contributed by atoms with Crippen molar-refractivity contribution in [3.8, 4) is 10.6 Å². The molecule has 108 valence electrons. The zero-order chi connectivity index (χ0) is 15.1. The number of hydrogen-bond acceptors (Lipinski definition) is 3. The van der Waals surface area contributed by atoms with Gasteiger partial charge in [0, 0.05) is 25.8 Å². The number of rotatable bonds is 1. The number of anilines is 1. The molecule has 1 aromatic rings. The molecule has 0 atom stereocenters. The second-order valence-corrected chi connectivity index (χ2v) is 7.53. The van der Waals surface area contributed by atoms with Gasteiger partial charge in [0.2, 0.25) is 5.36 Å². The minimum absolute atomic E-state index is 1.06. The molecule has 0 amide bonds. The van der Waals surface area contributed by atoms with E-state index in [1.165, 1.54) is 24.2 Å². The minimum atomic E-state index is 1.06. The second kappa shape index (κ2) is 5.53. The molecule has 1 heterocycles. The van der Waals surface area contributed by atoms with E-state index in [4.69, 9.17) is 4.98 Å². The summed E-state index contributed by atoms with van der Waals surface area (Å²) in [4.78, 5) is 8.19. The summed E-state index contributed by atoms with van der Waals surface area (Å²) in [6.45, 7) is 0. The van der Waals surface area contributed by atoms with Gasteiger partial charge in [-0.3, -0.25) is 0 Å². The molecule has 21 heavy (non-hydrogen) atoms. The van der Waals surface area contributed by atoms with Crippen LogP contribution in [0.15, 0.2) is 30.3 Å². The predicted octanol–water partition coefficient (Wildman–Crippen LogP) is 3.10. The van der Waals surface area contributed by atoms with Gasteiger partial charge in [-0.25, -0.2) is 9.56 Å². The Hall–Kier alpha value is -1.21. The Bertz CT molecular complexity index is 863. The summed E-state index contributed by atoms with van der Waals surface area (Å²) >= 11 is 4.24. The molecule has 5 heteroatoms. The van der Waals surface area contributed by atoms with E-state index in [9.17, 15) is 0 Å². The number of nitrogens with zero attached hydrogens (tertiary/aromatic N) is 3. The summed E-state index contributed by atoms with van der Waals surface area (Å²) in [5.74, 6) is 0. The first-order chi connectivity index (χ1) is 9.97. The average molecular weight is 408 g/mol. The molecule has 0 N–H and O–H groups in total. The highest BCUT2D eigenvalue weighted by molar-refractivity contribution is 14.1. The maximum absolute atomic E-state index is 4.81. The quantitative estimate of drug-likeness (QED) is 0.350. The second-order valence-electron chi connectivity index (χ2n) is 5.40. The van der Waals surface area contributed by atoms with E-state index < -0.39 is 0 Å². The Kier molecular flexibility index (Phi) is 3.88. The first kappa shape index (κ1) is 14.7. The lowest BCUT2D eigenvalue weighted by atomic mass is 10.2. The number of halogens is 1. The number of benzene rings is 2. The van der Waals surface area contributed by atoms with Gasteiger partial charge in [-0.1, -0.05) is 0 Å². The Morgan fingerprint density at radius 1 is 1.14 bits per heavy atom. The highest BCUT2D eigenvalue weighted by Crippen LogP contribution is 2.34. The predicted molar refractivity (Wildman–Crippen MR) is 100 cm³/mol. The SMILES string of the molecule is CN(C)c1ccc2nc3ccc(=[N+](C)C)c([125I])c-3sc2c1. The molecule has 0 bridgehead atoms. The maximum Gasteiger partial charge on any atom is 0.214 e. The van der Waals surface area contributed by atoms with Gasteiger partial charge < -0.3 is 4.90 Å². The topological polar surface area (TPSA) is 19.1 Å². The Morgan fingerprint density at radius 3 is 2.57 bits per heavy atom. The smallest absolute Gasteiger partial charge is 0.214 e. The van der Waals surface area contributed by atoms with Gasteiger partial charge in [-0.2, -0.15) is 0 Å². The van der Waals surface area contributed by atoms with Gasteiger partial charge in [0.05, 0.1) is 20.8 Å². The molecule has 0 spiro atoms. The first-order valence-corrected chi connectivity index (χ1v) is 8.57. The fraction of sp³-hybridized carbons (Fsp3) is 0.250. The Labute approximate surface area is 142 Å². The van der Waals surface area contributed by atoms with Crippen molar-refractivity contribution in [3.63, 3.8) is 0 Å². The third-order valence-corrected chi connectivity index (χ3v) is 6.07. The lowest BCUT2D eigenvalue weighted by Crippen LogP contribution is -2.24. The van der Waals surface area contributed by atoms with E-state index in [0.29, 0.717) is 0 Å². The first-order valence-electron chi connectivity index (χ1n) is 6.68. The van der Waals surface area contributed by atoms with Crippen molar-refractivity contribution in [2.45, 2.75) is 0 Å². The van der Waals surface area contributed by atoms with Gasteiger partial charge in [0.1, 0.15) is 17.7 Å². The molecule has 0 fully saturated rings. The standard InChI is InChI=1S/C16H17IN3S/c1-19(2)10-5-6-11-14(9-10)21-16-12(18-11)7-8-13(15(16)17)20(3)4/h5-9H,1-4H3/q+1/i17-2. The molecular weight excluding hydrogens is 391 g/mol. The van der Waals surface area contributed by atoms with Gasteiger partial charge in [-0.15, -0.1) is 11.3 Å². The molecule has 1 aromatic carbocycles. The summed E-state index contributed by atoms with van der Waals surface area (Å²) in [5.41, 5.74) is 3.34. The van der Waals surface area contributed by atoms with Crippen molar-refractivity contribution in [2.24, 2.45) is 0 Å². The van der Waals surface area contributed by atoms with E-state index in [2.05, 4.69) is 90.6 Å². The van der Waals surface area contributed by atoms with Crippen molar-refractivity contribution in [3.05, 3.63) is 39.3 Å². The molecule has 1 aliphatic heterocycles. The van der Waals surface area contributed by atoms with Crippen LogP contribution in [0, 0.1) is 3.57 Å². The highest BCUT2D eigenvalue weighted by Gasteiger charge is 2.15. The molecular formula is C16H17IN3S+. The number of fused-ring (bicyclic) bond motifs is 2. The molecule has 2 aliphatic rings.